The molecule has 3 rings (SSSR count). The third kappa shape index (κ3) is 3.75. The van der Waals surface area contributed by atoms with E-state index in [1.165, 1.54) is 28.1 Å². The van der Waals surface area contributed by atoms with Crippen LogP contribution in [0, 0.1) is 5.82 Å². The molecule has 2 aromatic rings. The topological polar surface area (TPSA) is 36.4 Å². The summed E-state index contributed by atoms with van der Waals surface area (Å²) in [5.74, 6) is -1.08. The van der Waals surface area contributed by atoms with Crippen LogP contribution >= 0.6 is 11.6 Å². The Labute approximate surface area is 152 Å². The molecule has 0 spiro atoms. The van der Waals surface area contributed by atoms with Crippen molar-refractivity contribution in [3.8, 4) is 0 Å². The van der Waals surface area contributed by atoms with E-state index in [0.717, 1.165) is 18.2 Å². The largest absolute Gasteiger partial charge is 0.419 e. The van der Waals surface area contributed by atoms with Gasteiger partial charge in [-0.05, 0) is 30.3 Å². The van der Waals surface area contributed by atoms with Crippen LogP contribution in [0.5, 0.6) is 0 Å². The molecule has 1 aromatic heterocycles. The number of carbonyl (C=O) groups is 1. The summed E-state index contributed by atoms with van der Waals surface area (Å²) in [6, 6.07) is 5.71. The summed E-state index contributed by atoms with van der Waals surface area (Å²) in [5.41, 5.74) is -0.642. The van der Waals surface area contributed by atoms with Gasteiger partial charge in [0.2, 0.25) is 0 Å². The molecule has 0 unspecified atom stereocenters. The van der Waals surface area contributed by atoms with E-state index in [4.69, 9.17) is 11.6 Å². The van der Waals surface area contributed by atoms with Gasteiger partial charge in [-0.25, -0.2) is 9.37 Å². The minimum atomic E-state index is -4.50. The highest BCUT2D eigenvalue weighted by atomic mass is 35.5. The predicted octanol–water partition coefficient (Wildman–Crippen LogP) is 3.86. The number of amides is 1. The minimum absolute atomic E-state index is 0.00140. The monoisotopic (exact) mass is 387 g/mol. The standard InChI is InChI=1S/C17H14ClF4N3O/c18-14-10-11(19)3-4-12(14)16(26)25-8-6-24(7-9-25)15-13(17(20,21)22)2-1-5-23-15/h1-5,10H,6-9H2. The molecule has 1 saturated heterocycles. The Morgan fingerprint density at radius 1 is 1.12 bits per heavy atom. The molecule has 0 saturated carbocycles. The van der Waals surface area contributed by atoms with Crippen molar-refractivity contribution in [2.45, 2.75) is 6.18 Å². The highest BCUT2D eigenvalue weighted by Gasteiger charge is 2.36. The van der Waals surface area contributed by atoms with Crippen molar-refractivity contribution in [3.05, 3.63) is 58.5 Å². The number of anilines is 1. The maximum atomic E-state index is 13.1. The smallest absolute Gasteiger partial charge is 0.353 e. The molecule has 4 nitrogen and oxygen atoms in total. The van der Waals surface area contributed by atoms with E-state index in [9.17, 15) is 22.4 Å². The molecule has 0 aliphatic carbocycles. The van der Waals surface area contributed by atoms with E-state index >= 15 is 0 Å². The van der Waals surface area contributed by atoms with Gasteiger partial charge in [0.1, 0.15) is 11.6 Å². The first-order valence-electron chi connectivity index (χ1n) is 7.79. The summed E-state index contributed by atoms with van der Waals surface area (Å²) in [7, 11) is 0. The first-order valence-corrected chi connectivity index (χ1v) is 8.16. The van der Waals surface area contributed by atoms with Gasteiger partial charge >= 0.3 is 6.18 Å². The molecular formula is C17H14ClF4N3O. The second-order valence-electron chi connectivity index (χ2n) is 5.78. The number of pyridine rings is 1. The number of halogens is 5. The zero-order valence-corrected chi connectivity index (χ0v) is 14.2. The van der Waals surface area contributed by atoms with E-state index < -0.39 is 17.6 Å². The molecule has 1 amide bonds. The number of nitrogens with zero attached hydrogens (tertiary/aromatic N) is 3. The average Bonchev–Trinajstić information content (AvgIpc) is 2.61. The molecule has 1 aromatic carbocycles. The lowest BCUT2D eigenvalue weighted by molar-refractivity contribution is -0.137. The Morgan fingerprint density at radius 3 is 2.42 bits per heavy atom. The number of rotatable bonds is 2. The maximum Gasteiger partial charge on any atom is 0.419 e. The van der Waals surface area contributed by atoms with Crippen LogP contribution in [0.25, 0.3) is 0 Å². The first kappa shape index (κ1) is 18.4. The van der Waals surface area contributed by atoms with Crippen molar-refractivity contribution in [2.24, 2.45) is 0 Å². The molecule has 9 heteroatoms. The van der Waals surface area contributed by atoms with Crippen LogP contribution in [0.15, 0.2) is 36.5 Å². The number of aromatic nitrogens is 1. The summed E-state index contributed by atoms with van der Waals surface area (Å²) in [5, 5.41) is 0.00140. The zero-order valence-electron chi connectivity index (χ0n) is 13.4. The number of carbonyl (C=O) groups excluding carboxylic acids is 1. The van der Waals surface area contributed by atoms with Crippen molar-refractivity contribution in [1.29, 1.82) is 0 Å². The van der Waals surface area contributed by atoms with Crippen LogP contribution in [0.4, 0.5) is 23.4 Å². The fourth-order valence-electron chi connectivity index (χ4n) is 2.82. The third-order valence-corrected chi connectivity index (χ3v) is 4.43. The molecule has 1 aliphatic heterocycles. The fraction of sp³-hybridized carbons (Fsp3) is 0.294. The first-order chi connectivity index (χ1) is 12.3. The molecule has 1 aliphatic rings. The van der Waals surface area contributed by atoms with Crippen LogP contribution < -0.4 is 4.90 Å². The summed E-state index contributed by atoms with van der Waals surface area (Å²) in [4.78, 5) is 19.3. The van der Waals surface area contributed by atoms with Gasteiger partial charge in [0.15, 0.2) is 0 Å². The average molecular weight is 388 g/mol. The highest BCUT2D eigenvalue weighted by molar-refractivity contribution is 6.33. The quantitative estimate of drug-likeness (QED) is 0.734. The van der Waals surface area contributed by atoms with Crippen molar-refractivity contribution >= 4 is 23.3 Å². The highest BCUT2D eigenvalue weighted by Crippen LogP contribution is 2.35. The number of hydrogen-bond donors (Lipinski definition) is 0. The van der Waals surface area contributed by atoms with E-state index in [2.05, 4.69) is 4.98 Å². The van der Waals surface area contributed by atoms with E-state index in [0.29, 0.717) is 0 Å². The Morgan fingerprint density at radius 2 is 1.81 bits per heavy atom. The van der Waals surface area contributed by atoms with Crippen LogP contribution in [-0.4, -0.2) is 42.0 Å². The molecule has 1 fully saturated rings. The van der Waals surface area contributed by atoms with Gasteiger partial charge in [-0.2, -0.15) is 13.2 Å². The second-order valence-corrected chi connectivity index (χ2v) is 6.18. The summed E-state index contributed by atoms with van der Waals surface area (Å²) in [6.45, 7) is 0.816. The molecule has 2 heterocycles. The Hall–Kier alpha value is -2.35. The Balaban J connectivity index is 1.73. The van der Waals surface area contributed by atoms with Crippen LogP contribution in [0.3, 0.4) is 0 Å². The number of alkyl halides is 3. The summed E-state index contributed by atoms with van der Waals surface area (Å²) >= 11 is 5.91. The van der Waals surface area contributed by atoms with Crippen molar-refractivity contribution in [3.63, 3.8) is 0 Å². The Bertz CT molecular complexity index is 820. The van der Waals surface area contributed by atoms with E-state index in [-0.39, 0.29) is 48.5 Å². The van der Waals surface area contributed by atoms with Crippen molar-refractivity contribution in [1.82, 2.24) is 9.88 Å². The lowest BCUT2D eigenvalue weighted by Gasteiger charge is -2.36. The molecule has 0 bridgehead atoms. The SMILES string of the molecule is O=C(c1ccc(F)cc1Cl)N1CCN(c2ncccc2C(F)(F)F)CC1. The fourth-order valence-corrected chi connectivity index (χ4v) is 3.07. The number of piperazine rings is 1. The van der Waals surface area contributed by atoms with Gasteiger partial charge in [-0.3, -0.25) is 4.79 Å². The van der Waals surface area contributed by atoms with Crippen LogP contribution in [0.1, 0.15) is 15.9 Å². The lowest BCUT2D eigenvalue weighted by atomic mass is 10.1. The lowest BCUT2D eigenvalue weighted by Crippen LogP contribution is -2.49. The molecule has 138 valence electrons. The minimum Gasteiger partial charge on any atom is -0.353 e. The van der Waals surface area contributed by atoms with Crippen molar-refractivity contribution in [2.75, 3.05) is 31.1 Å². The van der Waals surface area contributed by atoms with Crippen molar-refractivity contribution < 1.29 is 22.4 Å². The maximum absolute atomic E-state index is 13.1. The number of benzene rings is 1. The van der Waals surface area contributed by atoms with E-state index in [1.54, 1.807) is 0 Å². The second kappa shape index (κ2) is 7.11. The van der Waals surface area contributed by atoms with Gasteiger partial charge in [-0.15, -0.1) is 0 Å². The summed E-state index contributed by atoms with van der Waals surface area (Å²) in [6.07, 6.45) is -3.20. The van der Waals surface area contributed by atoms with Gasteiger partial charge in [0.05, 0.1) is 16.1 Å². The zero-order chi connectivity index (χ0) is 18.9. The number of hydrogen-bond acceptors (Lipinski definition) is 3. The van der Waals surface area contributed by atoms with Gasteiger partial charge < -0.3 is 9.80 Å². The van der Waals surface area contributed by atoms with E-state index in [1.807, 2.05) is 0 Å². The van der Waals surface area contributed by atoms with Crippen LogP contribution in [0.2, 0.25) is 5.02 Å². The molecule has 0 N–H and O–H groups in total. The van der Waals surface area contributed by atoms with Gasteiger partial charge in [0.25, 0.3) is 5.91 Å². The summed E-state index contributed by atoms with van der Waals surface area (Å²) < 4.78 is 52.5. The van der Waals surface area contributed by atoms with Gasteiger partial charge in [0, 0.05) is 32.4 Å². The normalized spacial score (nSPS) is 15.3. The molecule has 26 heavy (non-hydrogen) atoms. The van der Waals surface area contributed by atoms with Gasteiger partial charge in [-0.1, -0.05) is 11.6 Å². The molecular weight excluding hydrogens is 374 g/mol. The van der Waals surface area contributed by atoms with Crippen LogP contribution in [-0.2, 0) is 6.18 Å². The Kier molecular flexibility index (Phi) is 5.04. The molecule has 0 radical (unpaired) electrons. The predicted molar refractivity (Wildman–Crippen MR) is 88.8 cm³/mol. The molecule has 0 atom stereocenters. The third-order valence-electron chi connectivity index (χ3n) is 4.12.